The molecule has 3 unspecified atom stereocenters. The van der Waals surface area contributed by atoms with E-state index in [0.717, 1.165) is 12.8 Å². The minimum atomic E-state index is -0.398. The smallest absolute Gasteiger partial charge is 0.178 e. The van der Waals surface area contributed by atoms with Crippen LogP contribution < -0.4 is 0 Å². The van der Waals surface area contributed by atoms with Crippen molar-refractivity contribution in [3.05, 3.63) is 11.6 Å². The quantitative estimate of drug-likeness (QED) is 0.742. The van der Waals surface area contributed by atoms with Crippen LogP contribution in [0.15, 0.2) is 11.6 Å². The molecule has 2 fully saturated rings. The number of carbonyl (C=O) groups is 1. The number of allylic oxidation sites excluding steroid dienone is 2. The fraction of sp³-hybridized carbons (Fsp3) is 0.778. The number of nitrogens with zero attached hydrogens (tertiary/aromatic N) is 2. The van der Waals surface area contributed by atoms with Crippen molar-refractivity contribution >= 4 is 5.78 Å². The van der Waals surface area contributed by atoms with Gasteiger partial charge in [-0.1, -0.05) is 26.8 Å². The molecular formula is C18H26N2O. The van der Waals surface area contributed by atoms with E-state index in [1.54, 1.807) is 0 Å². The van der Waals surface area contributed by atoms with Crippen molar-refractivity contribution in [3.8, 4) is 6.07 Å². The second kappa shape index (κ2) is 4.95. The standard InChI is InChI=1S/C18H26N2O/c1-17(2)15-7-6-14(20-8-4-5-9-20)11-18(15,3)10-13(12-19)16(17)21/h10,14-15H,4-9,11H2,1-3H3. The van der Waals surface area contributed by atoms with Crippen LogP contribution in [0.1, 0.15) is 52.9 Å². The van der Waals surface area contributed by atoms with Gasteiger partial charge in [0.2, 0.25) is 0 Å². The number of carbonyl (C=O) groups excluding carboxylic acids is 1. The van der Waals surface area contributed by atoms with E-state index in [9.17, 15) is 10.1 Å². The first kappa shape index (κ1) is 14.8. The summed E-state index contributed by atoms with van der Waals surface area (Å²) >= 11 is 0. The van der Waals surface area contributed by atoms with Gasteiger partial charge < -0.3 is 4.90 Å². The molecule has 114 valence electrons. The first-order valence-electron chi connectivity index (χ1n) is 8.30. The van der Waals surface area contributed by atoms with Crippen molar-refractivity contribution in [2.75, 3.05) is 13.1 Å². The number of fused-ring (bicyclic) bond motifs is 1. The normalized spacial score (nSPS) is 39.5. The van der Waals surface area contributed by atoms with E-state index < -0.39 is 5.41 Å². The van der Waals surface area contributed by atoms with Crippen LogP contribution in [-0.2, 0) is 4.79 Å². The predicted octanol–water partition coefficient (Wildman–Crippen LogP) is 3.32. The Bertz CT molecular complexity index is 522. The maximum Gasteiger partial charge on any atom is 0.178 e. The van der Waals surface area contributed by atoms with Gasteiger partial charge in [0.25, 0.3) is 0 Å². The number of nitriles is 1. The molecule has 21 heavy (non-hydrogen) atoms. The molecule has 3 heteroatoms. The fourth-order valence-electron chi connectivity index (χ4n) is 5.19. The number of Topliss-reactive ketones (excluding diaryl/α,β-unsaturated/α-hetero) is 1. The van der Waals surface area contributed by atoms with E-state index >= 15 is 0 Å². The van der Waals surface area contributed by atoms with Crippen LogP contribution in [0.3, 0.4) is 0 Å². The van der Waals surface area contributed by atoms with Gasteiger partial charge in [-0.2, -0.15) is 5.26 Å². The number of likely N-dealkylation sites (tertiary alicyclic amines) is 1. The van der Waals surface area contributed by atoms with E-state index in [1.807, 2.05) is 19.9 Å². The molecule has 3 aliphatic rings. The molecule has 2 aliphatic carbocycles. The van der Waals surface area contributed by atoms with Gasteiger partial charge in [-0.25, -0.2) is 0 Å². The largest absolute Gasteiger partial charge is 0.300 e. The summed E-state index contributed by atoms with van der Waals surface area (Å²) in [5, 5.41) is 9.33. The van der Waals surface area contributed by atoms with Crippen LogP contribution in [-0.4, -0.2) is 29.8 Å². The second-order valence-electron chi connectivity index (χ2n) is 7.96. The number of ketones is 1. The lowest BCUT2D eigenvalue weighted by molar-refractivity contribution is -0.131. The molecule has 0 aromatic carbocycles. The zero-order chi connectivity index (χ0) is 15.3. The summed E-state index contributed by atoms with van der Waals surface area (Å²) in [5.74, 6) is 0.417. The molecule has 3 nitrogen and oxygen atoms in total. The van der Waals surface area contributed by atoms with Crippen LogP contribution in [0.25, 0.3) is 0 Å². The summed E-state index contributed by atoms with van der Waals surface area (Å²) in [7, 11) is 0. The van der Waals surface area contributed by atoms with Crippen LogP contribution >= 0.6 is 0 Å². The Morgan fingerprint density at radius 3 is 2.52 bits per heavy atom. The van der Waals surface area contributed by atoms with Gasteiger partial charge in [0.05, 0.1) is 5.57 Å². The summed E-state index contributed by atoms with van der Waals surface area (Å²) in [4.78, 5) is 15.1. The molecule has 3 rings (SSSR count). The summed E-state index contributed by atoms with van der Waals surface area (Å²) < 4.78 is 0. The lowest BCUT2D eigenvalue weighted by Crippen LogP contribution is -2.52. The summed E-state index contributed by atoms with van der Waals surface area (Å²) in [6.45, 7) is 8.80. The molecule has 0 radical (unpaired) electrons. The number of rotatable bonds is 1. The van der Waals surface area contributed by atoms with Crippen molar-refractivity contribution in [2.45, 2.75) is 58.9 Å². The molecular weight excluding hydrogens is 260 g/mol. The average Bonchev–Trinajstić information content (AvgIpc) is 2.96. The molecule has 1 saturated carbocycles. The highest BCUT2D eigenvalue weighted by atomic mass is 16.1. The zero-order valence-corrected chi connectivity index (χ0v) is 13.5. The molecule has 0 bridgehead atoms. The van der Waals surface area contributed by atoms with Crippen molar-refractivity contribution < 1.29 is 4.79 Å². The maximum atomic E-state index is 12.5. The highest BCUT2D eigenvalue weighted by molar-refractivity contribution is 6.04. The monoisotopic (exact) mass is 286 g/mol. The summed E-state index contributed by atoms with van der Waals surface area (Å²) in [6, 6.07) is 2.78. The minimum Gasteiger partial charge on any atom is -0.300 e. The van der Waals surface area contributed by atoms with E-state index in [1.165, 1.54) is 32.4 Å². The molecule has 0 aromatic heterocycles. The Morgan fingerprint density at radius 1 is 1.24 bits per heavy atom. The maximum absolute atomic E-state index is 12.5. The van der Waals surface area contributed by atoms with Gasteiger partial charge in [-0.3, -0.25) is 4.79 Å². The molecule has 3 atom stereocenters. The minimum absolute atomic E-state index is 0.00597. The van der Waals surface area contributed by atoms with Gasteiger partial charge in [0.1, 0.15) is 6.07 Å². The first-order chi connectivity index (χ1) is 9.88. The second-order valence-corrected chi connectivity index (χ2v) is 7.96. The Balaban J connectivity index is 1.92. The molecule has 0 aromatic rings. The molecule has 1 saturated heterocycles. The zero-order valence-electron chi connectivity index (χ0n) is 13.5. The van der Waals surface area contributed by atoms with Crippen LogP contribution in [0, 0.1) is 28.1 Å². The highest BCUT2D eigenvalue weighted by Gasteiger charge is 2.53. The highest BCUT2D eigenvalue weighted by Crippen LogP contribution is 2.55. The Morgan fingerprint density at radius 2 is 1.90 bits per heavy atom. The third kappa shape index (κ3) is 2.25. The molecule has 0 amide bonds. The van der Waals surface area contributed by atoms with Gasteiger partial charge in [-0.05, 0) is 56.5 Å². The van der Waals surface area contributed by atoms with E-state index in [2.05, 4.69) is 17.9 Å². The van der Waals surface area contributed by atoms with Crippen molar-refractivity contribution in [3.63, 3.8) is 0 Å². The SMILES string of the molecule is CC12C=C(C#N)C(=O)C(C)(C)C1CCC(N1CCCC1)C2. The van der Waals surface area contributed by atoms with Crippen molar-refractivity contribution in [1.29, 1.82) is 5.26 Å². The Hall–Kier alpha value is -1.14. The molecule has 1 aliphatic heterocycles. The van der Waals surface area contributed by atoms with Gasteiger partial charge in [-0.15, -0.1) is 0 Å². The van der Waals surface area contributed by atoms with Gasteiger partial charge in [0, 0.05) is 11.5 Å². The van der Waals surface area contributed by atoms with E-state index in [0.29, 0.717) is 17.5 Å². The predicted molar refractivity (Wildman–Crippen MR) is 82.5 cm³/mol. The van der Waals surface area contributed by atoms with E-state index in [4.69, 9.17) is 0 Å². The first-order valence-corrected chi connectivity index (χ1v) is 8.30. The summed E-state index contributed by atoms with van der Waals surface area (Å²) in [5.41, 5.74) is -0.0146. The number of hydrogen-bond donors (Lipinski definition) is 0. The molecule has 0 spiro atoms. The fourth-order valence-corrected chi connectivity index (χ4v) is 5.19. The van der Waals surface area contributed by atoms with Crippen molar-refractivity contribution in [1.82, 2.24) is 4.90 Å². The lowest BCUT2D eigenvalue weighted by Gasteiger charge is -2.53. The lowest BCUT2D eigenvalue weighted by atomic mass is 9.52. The third-order valence-electron chi connectivity index (χ3n) is 6.21. The van der Waals surface area contributed by atoms with Crippen LogP contribution in [0.2, 0.25) is 0 Å². The number of hydrogen-bond acceptors (Lipinski definition) is 3. The van der Waals surface area contributed by atoms with Gasteiger partial charge in [0.15, 0.2) is 5.78 Å². The van der Waals surface area contributed by atoms with Crippen LogP contribution in [0.5, 0.6) is 0 Å². The Labute approximate surface area is 128 Å². The topological polar surface area (TPSA) is 44.1 Å². The Kier molecular flexibility index (Phi) is 3.48. The average molecular weight is 286 g/mol. The van der Waals surface area contributed by atoms with Gasteiger partial charge >= 0.3 is 0 Å². The van der Waals surface area contributed by atoms with Crippen molar-refractivity contribution in [2.24, 2.45) is 16.7 Å². The molecule has 1 heterocycles. The molecule has 0 N–H and O–H groups in total. The summed E-state index contributed by atoms with van der Waals surface area (Å²) in [6.07, 6.45) is 8.05. The van der Waals surface area contributed by atoms with Crippen LogP contribution in [0.4, 0.5) is 0 Å². The van der Waals surface area contributed by atoms with E-state index in [-0.39, 0.29) is 11.2 Å². The third-order valence-corrected chi connectivity index (χ3v) is 6.21.